The number of anilines is 1. The van der Waals surface area contributed by atoms with Crippen LogP contribution in [0.4, 0.5) is 5.82 Å². The predicted molar refractivity (Wildman–Crippen MR) is 130 cm³/mol. The second-order valence-electron chi connectivity index (χ2n) is 7.79. The van der Waals surface area contributed by atoms with Crippen LogP contribution in [0, 0.1) is 0 Å². The van der Waals surface area contributed by atoms with E-state index in [1.165, 1.54) is 19.5 Å². The molecule has 0 unspecified atom stereocenters. The molecule has 35 heavy (non-hydrogen) atoms. The molecule has 0 bridgehead atoms. The molecule has 1 aliphatic carbocycles. The lowest BCUT2D eigenvalue weighted by Gasteiger charge is -2.16. The van der Waals surface area contributed by atoms with Crippen molar-refractivity contribution in [3.05, 3.63) is 77.7 Å². The maximum absolute atomic E-state index is 13.3. The van der Waals surface area contributed by atoms with Crippen molar-refractivity contribution >= 4 is 27.4 Å². The zero-order chi connectivity index (χ0) is 24.4. The van der Waals surface area contributed by atoms with Gasteiger partial charge in [-0.25, -0.2) is 28.4 Å². The maximum Gasteiger partial charge on any atom is 0.263 e. The molecule has 0 amide bonds. The van der Waals surface area contributed by atoms with Crippen molar-refractivity contribution in [3.8, 4) is 28.9 Å². The number of benzene rings is 2. The average molecular weight is 510 g/mol. The van der Waals surface area contributed by atoms with Gasteiger partial charge in [-0.2, -0.15) is 0 Å². The largest absolute Gasteiger partial charge is 0.493 e. The molecule has 1 fully saturated rings. The van der Waals surface area contributed by atoms with Crippen LogP contribution in [-0.4, -0.2) is 35.5 Å². The molecule has 2 aromatic carbocycles. The van der Waals surface area contributed by atoms with Crippen molar-refractivity contribution in [2.45, 2.75) is 23.7 Å². The Morgan fingerprint density at radius 3 is 2.26 bits per heavy atom. The number of aromatic nitrogens is 4. The molecule has 1 N–H and O–H groups in total. The Labute approximate surface area is 207 Å². The van der Waals surface area contributed by atoms with Gasteiger partial charge in [0.15, 0.2) is 28.3 Å². The van der Waals surface area contributed by atoms with Gasteiger partial charge in [-0.15, -0.1) is 0 Å². The maximum atomic E-state index is 13.3. The standard InChI is InChI=1S/C24H20ClN5O4S/c1-33-18-5-2-3-6-19(18)34-20-21(25)28-24(23-26-13-4-14-27-23)29-22(20)30-35(31,32)17-11-9-16(10-12-17)15-7-8-15/h2-6,9-15H,7-8H2,1H3,(H,28,29,30). The molecule has 5 rings (SSSR count). The Morgan fingerprint density at radius 1 is 0.914 bits per heavy atom. The normalized spacial score (nSPS) is 13.3. The van der Waals surface area contributed by atoms with Crippen LogP contribution in [0.2, 0.25) is 5.15 Å². The number of nitrogens with one attached hydrogen (secondary N) is 1. The van der Waals surface area contributed by atoms with Crippen molar-refractivity contribution < 1.29 is 17.9 Å². The van der Waals surface area contributed by atoms with Crippen molar-refractivity contribution in [2.24, 2.45) is 0 Å². The summed E-state index contributed by atoms with van der Waals surface area (Å²) >= 11 is 6.46. The molecule has 1 saturated carbocycles. The zero-order valence-corrected chi connectivity index (χ0v) is 20.1. The van der Waals surface area contributed by atoms with Crippen LogP contribution in [-0.2, 0) is 10.0 Å². The summed E-state index contributed by atoms with van der Waals surface area (Å²) in [5.41, 5.74) is 1.12. The van der Waals surface area contributed by atoms with E-state index in [4.69, 9.17) is 21.1 Å². The molecule has 2 aromatic heterocycles. The van der Waals surface area contributed by atoms with Crippen molar-refractivity contribution in [3.63, 3.8) is 0 Å². The highest BCUT2D eigenvalue weighted by molar-refractivity contribution is 7.92. The highest BCUT2D eigenvalue weighted by atomic mass is 35.5. The monoisotopic (exact) mass is 509 g/mol. The van der Waals surface area contributed by atoms with Crippen molar-refractivity contribution in [1.29, 1.82) is 0 Å². The number of sulfonamides is 1. The molecule has 0 saturated heterocycles. The van der Waals surface area contributed by atoms with E-state index >= 15 is 0 Å². The van der Waals surface area contributed by atoms with Crippen molar-refractivity contribution in [1.82, 2.24) is 19.9 Å². The molecule has 9 nitrogen and oxygen atoms in total. The molecule has 0 atom stereocenters. The summed E-state index contributed by atoms with van der Waals surface area (Å²) in [4.78, 5) is 16.9. The summed E-state index contributed by atoms with van der Waals surface area (Å²) in [6.45, 7) is 0. The fourth-order valence-electron chi connectivity index (χ4n) is 3.43. The molecule has 0 radical (unpaired) electrons. The van der Waals surface area contributed by atoms with Gasteiger partial charge in [0.1, 0.15) is 0 Å². The number of hydrogen-bond donors (Lipinski definition) is 1. The van der Waals surface area contributed by atoms with Crippen LogP contribution in [0.1, 0.15) is 24.3 Å². The van der Waals surface area contributed by atoms with Gasteiger partial charge in [0.25, 0.3) is 10.0 Å². The highest BCUT2D eigenvalue weighted by Gasteiger charge is 2.26. The van der Waals surface area contributed by atoms with Crippen LogP contribution in [0.25, 0.3) is 11.6 Å². The van der Waals surface area contributed by atoms with Crippen LogP contribution in [0.3, 0.4) is 0 Å². The van der Waals surface area contributed by atoms with Gasteiger partial charge in [0.2, 0.25) is 11.6 Å². The quantitative estimate of drug-likeness (QED) is 0.327. The number of ether oxygens (including phenoxy) is 2. The number of hydrogen-bond acceptors (Lipinski definition) is 8. The molecule has 0 spiro atoms. The smallest absolute Gasteiger partial charge is 0.263 e. The topological polar surface area (TPSA) is 116 Å². The number of para-hydroxylation sites is 2. The average Bonchev–Trinajstić information content (AvgIpc) is 3.72. The first-order chi connectivity index (χ1) is 16.9. The van der Waals surface area contributed by atoms with E-state index in [0.717, 1.165) is 18.4 Å². The Kier molecular flexibility index (Phi) is 6.23. The fourth-order valence-corrected chi connectivity index (χ4v) is 4.65. The summed E-state index contributed by atoms with van der Waals surface area (Å²) in [5.74, 6) is 1.19. The Hall–Kier alpha value is -3.76. The first-order valence-electron chi connectivity index (χ1n) is 10.7. The van der Waals surface area contributed by atoms with Crippen LogP contribution in [0.5, 0.6) is 17.2 Å². The predicted octanol–water partition coefficient (Wildman–Crippen LogP) is 5.07. The molecule has 2 heterocycles. The molecular formula is C24H20ClN5O4S. The lowest BCUT2D eigenvalue weighted by Crippen LogP contribution is -2.16. The van der Waals surface area contributed by atoms with E-state index in [-0.39, 0.29) is 33.3 Å². The van der Waals surface area contributed by atoms with E-state index in [2.05, 4.69) is 24.7 Å². The Balaban J connectivity index is 1.56. The number of halogens is 1. The molecule has 0 aliphatic heterocycles. The van der Waals surface area contributed by atoms with Crippen molar-refractivity contribution in [2.75, 3.05) is 11.8 Å². The van der Waals surface area contributed by atoms with E-state index in [0.29, 0.717) is 17.4 Å². The van der Waals surface area contributed by atoms with Crippen LogP contribution >= 0.6 is 11.6 Å². The summed E-state index contributed by atoms with van der Waals surface area (Å²) < 4.78 is 40.3. The molecule has 4 aromatic rings. The second-order valence-corrected chi connectivity index (χ2v) is 9.83. The zero-order valence-electron chi connectivity index (χ0n) is 18.6. The molecule has 11 heteroatoms. The highest BCUT2D eigenvalue weighted by Crippen LogP contribution is 2.41. The summed E-state index contributed by atoms with van der Waals surface area (Å²) in [5, 5.41) is -0.129. The first-order valence-corrected chi connectivity index (χ1v) is 12.6. The van der Waals surface area contributed by atoms with Gasteiger partial charge in [0, 0.05) is 12.4 Å². The third-order valence-corrected chi connectivity index (χ3v) is 6.95. The third kappa shape index (κ3) is 5.03. The summed E-state index contributed by atoms with van der Waals surface area (Å²) in [6.07, 6.45) is 5.28. The first kappa shape index (κ1) is 23.0. The minimum absolute atomic E-state index is 0.0322. The summed E-state index contributed by atoms with van der Waals surface area (Å²) in [7, 11) is -2.54. The van der Waals surface area contributed by atoms with Gasteiger partial charge >= 0.3 is 0 Å². The number of nitrogens with zero attached hydrogens (tertiary/aromatic N) is 4. The SMILES string of the molecule is COc1ccccc1Oc1c(Cl)nc(-c2ncccn2)nc1NS(=O)(=O)c1ccc(C2CC2)cc1. The van der Waals surface area contributed by atoms with E-state index in [9.17, 15) is 8.42 Å². The third-order valence-electron chi connectivity index (χ3n) is 5.34. The fraction of sp³-hybridized carbons (Fsp3) is 0.167. The molecule has 178 valence electrons. The number of rotatable bonds is 8. The van der Waals surface area contributed by atoms with Gasteiger partial charge in [-0.1, -0.05) is 35.9 Å². The second kappa shape index (κ2) is 9.47. The van der Waals surface area contributed by atoms with Gasteiger partial charge in [0.05, 0.1) is 12.0 Å². The van der Waals surface area contributed by atoms with Gasteiger partial charge < -0.3 is 9.47 Å². The van der Waals surface area contributed by atoms with E-state index in [1.54, 1.807) is 42.5 Å². The lowest BCUT2D eigenvalue weighted by molar-refractivity contribution is 0.378. The molecular weight excluding hydrogens is 490 g/mol. The van der Waals surface area contributed by atoms with E-state index < -0.39 is 10.0 Å². The van der Waals surface area contributed by atoms with Gasteiger partial charge in [-0.05, 0) is 54.7 Å². The number of methoxy groups -OCH3 is 1. The summed E-state index contributed by atoms with van der Waals surface area (Å²) in [6, 6.07) is 15.3. The Morgan fingerprint density at radius 2 is 1.60 bits per heavy atom. The van der Waals surface area contributed by atoms with Crippen LogP contribution < -0.4 is 14.2 Å². The van der Waals surface area contributed by atoms with Crippen LogP contribution in [0.15, 0.2) is 71.9 Å². The minimum Gasteiger partial charge on any atom is -0.493 e. The molecule has 1 aliphatic rings. The van der Waals surface area contributed by atoms with Gasteiger partial charge in [-0.3, -0.25) is 4.72 Å². The lowest BCUT2D eigenvalue weighted by atomic mass is 10.1. The Bertz CT molecular complexity index is 1460. The van der Waals surface area contributed by atoms with E-state index in [1.807, 2.05) is 12.1 Å². The minimum atomic E-state index is -4.03.